The molecule has 0 aliphatic heterocycles. The van der Waals surface area contributed by atoms with E-state index in [-0.39, 0.29) is 16.2 Å². The van der Waals surface area contributed by atoms with Crippen molar-refractivity contribution in [2.45, 2.75) is 0 Å². The number of nitriles is 1. The molecule has 0 N–H and O–H groups in total. The highest BCUT2D eigenvalue weighted by molar-refractivity contribution is 6.32. The molecule has 1 nitrogen and oxygen atoms in total. The monoisotopic (exact) mass is 291 g/mol. The van der Waals surface area contributed by atoms with Gasteiger partial charge in [-0.2, -0.15) is 5.26 Å². The van der Waals surface area contributed by atoms with Crippen molar-refractivity contribution in [1.29, 1.82) is 5.26 Å². The first-order valence-corrected chi connectivity index (χ1v) is 6.19. The van der Waals surface area contributed by atoms with Gasteiger partial charge in [0.05, 0.1) is 11.6 Å². The quantitative estimate of drug-likeness (QED) is 0.551. The molecular formula is C15H8Cl2FN. The molecule has 0 aliphatic rings. The topological polar surface area (TPSA) is 23.8 Å². The lowest BCUT2D eigenvalue weighted by molar-refractivity contribution is 0.624. The second-order valence-electron chi connectivity index (χ2n) is 3.82. The van der Waals surface area contributed by atoms with E-state index in [9.17, 15) is 4.39 Å². The van der Waals surface area contributed by atoms with Gasteiger partial charge >= 0.3 is 0 Å². The van der Waals surface area contributed by atoms with Crippen molar-refractivity contribution in [3.63, 3.8) is 0 Å². The summed E-state index contributed by atoms with van der Waals surface area (Å²) < 4.78 is 13.8. The Kier molecular flexibility index (Phi) is 4.21. The molecule has 19 heavy (non-hydrogen) atoms. The fourth-order valence-corrected chi connectivity index (χ4v) is 1.97. The number of hydrogen-bond donors (Lipinski definition) is 0. The fraction of sp³-hybridized carbons (Fsp3) is 0. The average molecular weight is 292 g/mol. The third kappa shape index (κ3) is 3.14. The summed E-state index contributed by atoms with van der Waals surface area (Å²) in [7, 11) is 0. The predicted octanol–water partition coefficient (Wildman–Crippen LogP) is 5.20. The maximum atomic E-state index is 13.8. The molecule has 94 valence electrons. The van der Waals surface area contributed by atoms with Gasteiger partial charge in [-0.05, 0) is 35.9 Å². The molecule has 0 aromatic heterocycles. The van der Waals surface area contributed by atoms with Crippen molar-refractivity contribution in [2.24, 2.45) is 0 Å². The van der Waals surface area contributed by atoms with Crippen LogP contribution in [0.2, 0.25) is 10.0 Å². The number of hydrogen-bond acceptors (Lipinski definition) is 1. The molecule has 2 aromatic rings. The maximum Gasteiger partial charge on any atom is 0.133 e. The van der Waals surface area contributed by atoms with Gasteiger partial charge in [0.2, 0.25) is 0 Å². The Morgan fingerprint density at radius 3 is 2.53 bits per heavy atom. The predicted molar refractivity (Wildman–Crippen MR) is 76.3 cm³/mol. The van der Waals surface area contributed by atoms with Crippen LogP contribution in [0.5, 0.6) is 0 Å². The van der Waals surface area contributed by atoms with Crippen molar-refractivity contribution >= 4 is 34.9 Å². The van der Waals surface area contributed by atoms with Crippen LogP contribution in [-0.4, -0.2) is 0 Å². The highest BCUT2D eigenvalue weighted by atomic mass is 35.5. The summed E-state index contributed by atoms with van der Waals surface area (Å²) in [4.78, 5) is 0. The molecule has 0 spiro atoms. The zero-order valence-corrected chi connectivity index (χ0v) is 11.2. The Bertz CT molecular complexity index is 687. The van der Waals surface area contributed by atoms with Crippen LogP contribution in [0.15, 0.2) is 42.5 Å². The molecule has 4 heteroatoms. The van der Waals surface area contributed by atoms with Gasteiger partial charge in [-0.25, -0.2) is 4.39 Å². The Hall–Kier alpha value is -1.82. The largest absolute Gasteiger partial charge is 0.206 e. The molecular weight excluding hydrogens is 284 g/mol. The van der Waals surface area contributed by atoms with E-state index in [1.54, 1.807) is 30.3 Å². The van der Waals surface area contributed by atoms with E-state index < -0.39 is 5.82 Å². The van der Waals surface area contributed by atoms with Crippen molar-refractivity contribution in [2.75, 3.05) is 0 Å². The highest BCUT2D eigenvalue weighted by Crippen LogP contribution is 2.25. The molecule has 0 amide bonds. The van der Waals surface area contributed by atoms with E-state index in [4.69, 9.17) is 28.5 Å². The van der Waals surface area contributed by atoms with E-state index in [2.05, 4.69) is 0 Å². The van der Waals surface area contributed by atoms with E-state index in [0.29, 0.717) is 10.6 Å². The minimum Gasteiger partial charge on any atom is -0.206 e. The minimum atomic E-state index is -0.535. The van der Waals surface area contributed by atoms with Crippen LogP contribution < -0.4 is 0 Å². The molecule has 0 bridgehead atoms. The van der Waals surface area contributed by atoms with Gasteiger partial charge in [-0.1, -0.05) is 41.4 Å². The summed E-state index contributed by atoms with van der Waals surface area (Å²) in [5.41, 5.74) is 1.06. The first kappa shape index (κ1) is 13.6. The normalized spacial score (nSPS) is 11.2. The Balaban J connectivity index is 2.52. The third-order valence-electron chi connectivity index (χ3n) is 2.55. The number of benzene rings is 2. The van der Waals surface area contributed by atoms with E-state index in [0.717, 1.165) is 0 Å². The molecule has 0 atom stereocenters. The Labute approximate surface area is 120 Å². The van der Waals surface area contributed by atoms with Crippen LogP contribution >= 0.6 is 23.2 Å². The molecule has 2 aromatic carbocycles. The average Bonchev–Trinajstić information content (AvgIpc) is 2.39. The van der Waals surface area contributed by atoms with Crippen LogP contribution in [-0.2, 0) is 0 Å². The van der Waals surface area contributed by atoms with Gasteiger partial charge in [-0.15, -0.1) is 0 Å². The van der Waals surface area contributed by atoms with Gasteiger partial charge in [0.15, 0.2) is 0 Å². The summed E-state index contributed by atoms with van der Waals surface area (Å²) in [5.74, 6) is -0.535. The van der Waals surface area contributed by atoms with Crippen molar-refractivity contribution in [1.82, 2.24) is 0 Å². The smallest absolute Gasteiger partial charge is 0.133 e. The SMILES string of the molecule is N#C/C(=C\c1ccccc1Cl)c1ccc(Cl)cc1F. The third-order valence-corrected chi connectivity index (χ3v) is 3.13. The van der Waals surface area contributed by atoms with E-state index in [1.807, 2.05) is 6.07 Å². The van der Waals surface area contributed by atoms with Gasteiger partial charge < -0.3 is 0 Å². The lowest BCUT2D eigenvalue weighted by Gasteiger charge is -2.03. The second kappa shape index (κ2) is 5.88. The van der Waals surface area contributed by atoms with Crippen LogP contribution in [0.4, 0.5) is 4.39 Å². The van der Waals surface area contributed by atoms with Crippen LogP contribution in [0, 0.1) is 17.1 Å². The van der Waals surface area contributed by atoms with Crippen molar-refractivity contribution in [3.05, 3.63) is 69.5 Å². The summed E-state index contributed by atoms with van der Waals surface area (Å²) in [5, 5.41) is 9.96. The van der Waals surface area contributed by atoms with Gasteiger partial charge in [0, 0.05) is 15.6 Å². The molecule has 0 aliphatic carbocycles. The summed E-state index contributed by atoms with van der Waals surface area (Å²) in [6.45, 7) is 0. The standard InChI is InChI=1S/C15H8Cl2FN/c16-12-5-6-13(15(18)8-12)11(9-19)7-10-3-1-2-4-14(10)17/h1-8H/b11-7+. The number of rotatable bonds is 2. The van der Waals surface area contributed by atoms with Crippen LogP contribution in [0.1, 0.15) is 11.1 Å². The number of nitrogens with zero attached hydrogens (tertiary/aromatic N) is 1. The highest BCUT2D eigenvalue weighted by Gasteiger charge is 2.09. The number of halogens is 3. The summed E-state index contributed by atoms with van der Waals surface area (Å²) in [6, 6.07) is 13.2. The lowest BCUT2D eigenvalue weighted by Crippen LogP contribution is -1.88. The van der Waals surface area contributed by atoms with Crippen molar-refractivity contribution < 1.29 is 4.39 Å². The van der Waals surface area contributed by atoms with Crippen molar-refractivity contribution in [3.8, 4) is 6.07 Å². The van der Waals surface area contributed by atoms with Gasteiger partial charge in [-0.3, -0.25) is 0 Å². The minimum absolute atomic E-state index is 0.197. The summed E-state index contributed by atoms with van der Waals surface area (Å²) in [6.07, 6.45) is 1.55. The number of allylic oxidation sites excluding steroid dienone is 1. The van der Waals surface area contributed by atoms with Gasteiger partial charge in [0.25, 0.3) is 0 Å². The second-order valence-corrected chi connectivity index (χ2v) is 4.66. The zero-order valence-electron chi connectivity index (χ0n) is 9.70. The molecule has 0 radical (unpaired) electrons. The van der Waals surface area contributed by atoms with E-state index >= 15 is 0 Å². The van der Waals surface area contributed by atoms with Crippen LogP contribution in [0.3, 0.4) is 0 Å². The molecule has 0 saturated heterocycles. The maximum absolute atomic E-state index is 13.8. The zero-order chi connectivity index (χ0) is 13.8. The molecule has 0 fully saturated rings. The Morgan fingerprint density at radius 1 is 1.16 bits per heavy atom. The fourth-order valence-electron chi connectivity index (χ4n) is 1.63. The summed E-state index contributed by atoms with van der Waals surface area (Å²) >= 11 is 11.7. The molecule has 0 heterocycles. The van der Waals surface area contributed by atoms with E-state index in [1.165, 1.54) is 18.2 Å². The first-order chi connectivity index (χ1) is 9.11. The van der Waals surface area contributed by atoms with Crippen LogP contribution in [0.25, 0.3) is 11.6 Å². The molecule has 0 unspecified atom stereocenters. The molecule has 2 rings (SSSR count). The first-order valence-electron chi connectivity index (χ1n) is 5.43. The Morgan fingerprint density at radius 2 is 1.89 bits per heavy atom. The van der Waals surface area contributed by atoms with Gasteiger partial charge in [0.1, 0.15) is 5.82 Å². The lowest BCUT2D eigenvalue weighted by atomic mass is 10.0. The molecule has 0 saturated carbocycles.